The minimum Gasteiger partial charge on any atom is -0.496 e. The lowest BCUT2D eigenvalue weighted by atomic mass is 10.2. The third-order valence-corrected chi connectivity index (χ3v) is 4.58. The minimum absolute atomic E-state index is 0.0867. The molecule has 0 atom stereocenters. The Hall–Kier alpha value is -3.09. The van der Waals surface area contributed by atoms with E-state index >= 15 is 0 Å². The van der Waals surface area contributed by atoms with Crippen molar-refractivity contribution in [3.63, 3.8) is 0 Å². The molecule has 1 heterocycles. The molecule has 0 spiro atoms. The van der Waals surface area contributed by atoms with Crippen molar-refractivity contribution in [2.24, 2.45) is 0 Å². The van der Waals surface area contributed by atoms with Gasteiger partial charge in [-0.2, -0.15) is 0 Å². The topological polar surface area (TPSA) is 61.9 Å². The molecule has 1 aliphatic rings. The van der Waals surface area contributed by atoms with E-state index in [1.165, 1.54) is 13.2 Å². The number of nitrogens with zero attached hydrogens (tertiary/aromatic N) is 2. The highest BCUT2D eigenvalue weighted by molar-refractivity contribution is 5.98. The number of para-hydroxylation sites is 2. The molecule has 3 rings (SSSR count). The van der Waals surface area contributed by atoms with E-state index in [2.05, 4.69) is 5.32 Å². The van der Waals surface area contributed by atoms with Gasteiger partial charge in [0.05, 0.1) is 24.9 Å². The van der Waals surface area contributed by atoms with Gasteiger partial charge in [0.25, 0.3) is 5.91 Å². The van der Waals surface area contributed by atoms with Crippen molar-refractivity contribution in [2.75, 3.05) is 44.7 Å². The van der Waals surface area contributed by atoms with Crippen LogP contribution in [0.3, 0.4) is 0 Å². The number of halogens is 1. The molecule has 0 saturated carbocycles. The van der Waals surface area contributed by atoms with Crippen LogP contribution < -0.4 is 15.0 Å². The fourth-order valence-corrected chi connectivity index (χ4v) is 3.10. The zero-order valence-electron chi connectivity index (χ0n) is 15.2. The monoisotopic (exact) mass is 371 g/mol. The molecule has 142 valence electrons. The summed E-state index contributed by atoms with van der Waals surface area (Å²) in [6.45, 7) is 1.98. The predicted octanol–water partition coefficient (Wildman–Crippen LogP) is 1.91. The molecule has 6 nitrogen and oxygen atoms in total. The van der Waals surface area contributed by atoms with Crippen molar-refractivity contribution in [1.82, 2.24) is 10.2 Å². The number of carbonyl (C=O) groups excluding carboxylic acids is 2. The second kappa shape index (κ2) is 8.53. The Morgan fingerprint density at radius 3 is 2.41 bits per heavy atom. The molecular formula is C20H22FN3O3. The van der Waals surface area contributed by atoms with E-state index in [0.29, 0.717) is 43.2 Å². The average Bonchev–Trinajstić information content (AvgIpc) is 2.72. The summed E-state index contributed by atoms with van der Waals surface area (Å²) in [5.41, 5.74) is 0.936. The highest BCUT2D eigenvalue weighted by atomic mass is 19.1. The highest BCUT2D eigenvalue weighted by Gasteiger charge is 2.23. The molecule has 2 aromatic rings. The standard InChI is InChI=1S/C20H22FN3O3/c1-27-18-9-5-2-6-15(18)20(26)22-14-19(25)24-12-10-23(11-13-24)17-8-4-3-7-16(17)21/h2-9H,10-14H2,1H3,(H,22,26). The van der Waals surface area contributed by atoms with E-state index in [4.69, 9.17) is 4.74 Å². The van der Waals surface area contributed by atoms with Crippen LogP contribution in [-0.4, -0.2) is 56.5 Å². The van der Waals surface area contributed by atoms with Crippen LogP contribution >= 0.6 is 0 Å². The van der Waals surface area contributed by atoms with E-state index in [1.807, 2.05) is 4.90 Å². The number of ether oxygens (including phenoxy) is 1. The van der Waals surface area contributed by atoms with Crippen molar-refractivity contribution >= 4 is 17.5 Å². The number of carbonyl (C=O) groups is 2. The maximum Gasteiger partial charge on any atom is 0.255 e. The molecule has 1 aliphatic heterocycles. The van der Waals surface area contributed by atoms with Gasteiger partial charge in [-0.05, 0) is 24.3 Å². The molecule has 27 heavy (non-hydrogen) atoms. The molecule has 0 bridgehead atoms. The van der Waals surface area contributed by atoms with Crippen LogP contribution in [0.5, 0.6) is 5.75 Å². The number of methoxy groups -OCH3 is 1. The van der Waals surface area contributed by atoms with Crippen molar-refractivity contribution in [3.05, 3.63) is 59.9 Å². The smallest absolute Gasteiger partial charge is 0.255 e. The summed E-state index contributed by atoms with van der Waals surface area (Å²) < 4.78 is 19.0. The first-order valence-corrected chi connectivity index (χ1v) is 8.78. The van der Waals surface area contributed by atoms with Crippen LogP contribution in [-0.2, 0) is 4.79 Å². The van der Waals surface area contributed by atoms with Gasteiger partial charge in [-0.15, -0.1) is 0 Å². The van der Waals surface area contributed by atoms with Crippen molar-refractivity contribution in [2.45, 2.75) is 0 Å². The number of rotatable bonds is 5. The highest BCUT2D eigenvalue weighted by Crippen LogP contribution is 2.20. The Kier molecular flexibility index (Phi) is 5.90. The van der Waals surface area contributed by atoms with Gasteiger partial charge in [0, 0.05) is 26.2 Å². The Morgan fingerprint density at radius 2 is 1.70 bits per heavy atom. The van der Waals surface area contributed by atoms with Gasteiger partial charge >= 0.3 is 0 Å². The van der Waals surface area contributed by atoms with Gasteiger partial charge in [-0.25, -0.2) is 4.39 Å². The minimum atomic E-state index is -0.356. The van der Waals surface area contributed by atoms with Gasteiger partial charge in [0.2, 0.25) is 5.91 Å². The summed E-state index contributed by atoms with van der Waals surface area (Å²) >= 11 is 0. The molecule has 1 saturated heterocycles. The molecular weight excluding hydrogens is 349 g/mol. The van der Waals surface area contributed by atoms with Crippen LogP contribution in [0.15, 0.2) is 48.5 Å². The van der Waals surface area contributed by atoms with Crippen LogP contribution in [0.1, 0.15) is 10.4 Å². The fraction of sp³-hybridized carbons (Fsp3) is 0.300. The molecule has 2 amide bonds. The number of amides is 2. The largest absolute Gasteiger partial charge is 0.496 e. The number of hydrogen-bond donors (Lipinski definition) is 1. The predicted molar refractivity (Wildman–Crippen MR) is 101 cm³/mol. The van der Waals surface area contributed by atoms with Crippen LogP contribution in [0, 0.1) is 5.82 Å². The van der Waals surface area contributed by atoms with Crippen molar-refractivity contribution in [1.29, 1.82) is 0 Å². The van der Waals surface area contributed by atoms with Crippen LogP contribution in [0.4, 0.5) is 10.1 Å². The van der Waals surface area contributed by atoms with Crippen molar-refractivity contribution < 1.29 is 18.7 Å². The van der Waals surface area contributed by atoms with E-state index < -0.39 is 0 Å². The second-order valence-electron chi connectivity index (χ2n) is 6.20. The molecule has 1 N–H and O–H groups in total. The molecule has 0 aromatic heterocycles. The lowest BCUT2D eigenvalue weighted by molar-refractivity contribution is -0.130. The molecule has 7 heteroatoms. The third-order valence-electron chi connectivity index (χ3n) is 4.58. The van der Waals surface area contributed by atoms with E-state index in [0.717, 1.165) is 0 Å². The van der Waals surface area contributed by atoms with Gasteiger partial charge in [-0.3, -0.25) is 9.59 Å². The van der Waals surface area contributed by atoms with E-state index in [9.17, 15) is 14.0 Å². The summed E-state index contributed by atoms with van der Waals surface area (Å²) in [6.07, 6.45) is 0. The number of hydrogen-bond acceptors (Lipinski definition) is 4. The number of benzene rings is 2. The maximum absolute atomic E-state index is 13.9. The normalized spacial score (nSPS) is 14.0. The van der Waals surface area contributed by atoms with Crippen molar-refractivity contribution in [3.8, 4) is 5.75 Å². The van der Waals surface area contributed by atoms with Gasteiger partial charge < -0.3 is 19.9 Å². The fourth-order valence-electron chi connectivity index (χ4n) is 3.10. The Morgan fingerprint density at radius 1 is 1.04 bits per heavy atom. The zero-order valence-corrected chi connectivity index (χ0v) is 15.2. The lowest BCUT2D eigenvalue weighted by Gasteiger charge is -2.36. The number of anilines is 1. The first-order valence-electron chi connectivity index (χ1n) is 8.78. The quantitative estimate of drug-likeness (QED) is 0.872. The van der Waals surface area contributed by atoms with Crippen LogP contribution in [0.2, 0.25) is 0 Å². The second-order valence-corrected chi connectivity index (χ2v) is 6.20. The average molecular weight is 371 g/mol. The Balaban J connectivity index is 1.51. The lowest BCUT2D eigenvalue weighted by Crippen LogP contribution is -2.51. The molecule has 1 fully saturated rings. The molecule has 0 aliphatic carbocycles. The van der Waals surface area contributed by atoms with Crippen LogP contribution in [0.25, 0.3) is 0 Å². The summed E-state index contributed by atoms with van der Waals surface area (Å²) in [7, 11) is 1.49. The molecule has 0 unspecified atom stereocenters. The first-order chi connectivity index (χ1) is 13.1. The van der Waals surface area contributed by atoms with Gasteiger partial charge in [0.15, 0.2) is 0 Å². The Bertz CT molecular complexity index is 820. The Labute approximate surface area is 157 Å². The summed E-state index contributed by atoms with van der Waals surface area (Å²) in [4.78, 5) is 28.3. The summed E-state index contributed by atoms with van der Waals surface area (Å²) in [6, 6.07) is 13.5. The molecule has 0 radical (unpaired) electrons. The maximum atomic E-state index is 13.9. The summed E-state index contributed by atoms with van der Waals surface area (Å²) in [5.74, 6) is -0.320. The molecule has 2 aromatic carbocycles. The third kappa shape index (κ3) is 4.36. The van der Waals surface area contributed by atoms with Gasteiger partial charge in [0.1, 0.15) is 11.6 Å². The SMILES string of the molecule is COc1ccccc1C(=O)NCC(=O)N1CCN(c2ccccc2F)CC1. The number of nitrogens with one attached hydrogen (secondary N) is 1. The summed E-state index contributed by atoms with van der Waals surface area (Å²) in [5, 5.41) is 2.64. The number of piperazine rings is 1. The van der Waals surface area contributed by atoms with E-state index in [1.54, 1.807) is 47.4 Å². The van der Waals surface area contributed by atoms with E-state index in [-0.39, 0.29) is 24.2 Å². The first kappa shape index (κ1) is 18.7. The zero-order chi connectivity index (χ0) is 19.2. The van der Waals surface area contributed by atoms with Gasteiger partial charge in [-0.1, -0.05) is 24.3 Å².